The maximum atomic E-state index is 13.0. The monoisotopic (exact) mass is 525 g/mol. The minimum atomic E-state index is -3.75. The molecule has 3 aromatic carbocycles. The molecule has 0 bridgehead atoms. The van der Waals surface area contributed by atoms with Gasteiger partial charge in [-0.25, -0.2) is 8.42 Å². The van der Waals surface area contributed by atoms with E-state index in [1.165, 1.54) is 23.1 Å². The lowest BCUT2D eigenvalue weighted by Gasteiger charge is -2.27. The van der Waals surface area contributed by atoms with Gasteiger partial charge in [0.2, 0.25) is 0 Å². The van der Waals surface area contributed by atoms with Crippen molar-refractivity contribution < 1.29 is 22.7 Å². The summed E-state index contributed by atoms with van der Waals surface area (Å²) in [7, 11) is -2.28. The number of sulfonamides is 1. The van der Waals surface area contributed by atoms with Crippen LogP contribution in [-0.4, -0.2) is 64.7 Å². The normalized spacial score (nSPS) is 13.8. The molecule has 0 aromatic heterocycles. The summed E-state index contributed by atoms with van der Waals surface area (Å²) in [5.74, 6) is -0.566. The molecule has 1 saturated heterocycles. The summed E-state index contributed by atoms with van der Waals surface area (Å²) in [4.78, 5) is 28.8. The van der Waals surface area contributed by atoms with Crippen molar-refractivity contribution in [2.75, 3.05) is 49.2 Å². The average molecular weight is 526 g/mol. The van der Waals surface area contributed by atoms with E-state index in [-0.39, 0.29) is 10.8 Å². The molecule has 0 radical (unpaired) electrons. The number of carbonyl (C=O) groups excluding carboxylic acids is 2. The average Bonchev–Trinajstić information content (AvgIpc) is 2.93. The number of nitrogens with zero attached hydrogens (tertiary/aromatic N) is 2. The van der Waals surface area contributed by atoms with E-state index in [1.54, 1.807) is 77.7 Å². The third-order valence-corrected chi connectivity index (χ3v) is 8.46. The Balaban J connectivity index is 1.48. The zero-order valence-electron chi connectivity index (χ0n) is 20.0. The number of rotatable bonds is 7. The Morgan fingerprint density at radius 1 is 0.944 bits per heavy atom. The number of benzene rings is 3. The fourth-order valence-electron chi connectivity index (χ4n) is 3.78. The van der Waals surface area contributed by atoms with Gasteiger partial charge in [0.05, 0.1) is 35.0 Å². The first kappa shape index (κ1) is 25.7. The van der Waals surface area contributed by atoms with Crippen molar-refractivity contribution in [3.63, 3.8) is 0 Å². The van der Waals surface area contributed by atoms with E-state index < -0.39 is 15.9 Å². The Kier molecular flexibility index (Phi) is 7.97. The van der Waals surface area contributed by atoms with Crippen molar-refractivity contribution in [1.82, 2.24) is 4.90 Å². The van der Waals surface area contributed by atoms with Crippen LogP contribution < -0.4 is 9.62 Å². The van der Waals surface area contributed by atoms with Gasteiger partial charge >= 0.3 is 0 Å². The molecule has 1 fully saturated rings. The van der Waals surface area contributed by atoms with Gasteiger partial charge in [0.25, 0.3) is 21.8 Å². The Hall–Kier alpha value is -3.34. The number of morpholine rings is 1. The van der Waals surface area contributed by atoms with Gasteiger partial charge in [-0.05, 0) is 66.9 Å². The van der Waals surface area contributed by atoms with Gasteiger partial charge in [-0.15, -0.1) is 11.8 Å². The number of para-hydroxylation sites is 1. The van der Waals surface area contributed by atoms with Crippen LogP contribution in [0.15, 0.2) is 82.6 Å². The standard InChI is InChI=1S/C26H27N3O5S2/c1-28(36(32,33)22-13-11-21(35-2)12-14-22)20-9-7-19(8-10-20)25(30)27-24-6-4-3-5-23(24)26(31)29-15-17-34-18-16-29/h3-14H,15-18H2,1-2H3,(H,27,30). The first-order valence-electron chi connectivity index (χ1n) is 11.3. The molecular formula is C26H27N3O5S2. The van der Waals surface area contributed by atoms with Gasteiger partial charge in [-0.2, -0.15) is 0 Å². The van der Waals surface area contributed by atoms with Crippen molar-refractivity contribution in [3.8, 4) is 0 Å². The van der Waals surface area contributed by atoms with Crippen molar-refractivity contribution in [1.29, 1.82) is 0 Å². The van der Waals surface area contributed by atoms with Crippen molar-refractivity contribution >= 4 is 45.0 Å². The molecule has 3 aromatic rings. The highest BCUT2D eigenvalue weighted by atomic mass is 32.2. The fraction of sp³-hybridized carbons (Fsp3) is 0.231. The number of carbonyl (C=O) groups is 2. The van der Waals surface area contributed by atoms with Gasteiger partial charge in [-0.1, -0.05) is 12.1 Å². The maximum absolute atomic E-state index is 13.0. The Bertz CT molecular complexity index is 1340. The van der Waals surface area contributed by atoms with Crippen LogP contribution in [-0.2, 0) is 14.8 Å². The lowest BCUT2D eigenvalue weighted by molar-refractivity contribution is 0.0303. The van der Waals surface area contributed by atoms with Gasteiger partial charge < -0.3 is 15.0 Å². The summed E-state index contributed by atoms with van der Waals surface area (Å²) in [5.41, 5.74) is 1.57. The van der Waals surface area contributed by atoms with Crippen LogP contribution in [0.4, 0.5) is 11.4 Å². The summed E-state index contributed by atoms with van der Waals surface area (Å²) in [5, 5.41) is 2.81. The molecule has 0 unspecified atom stereocenters. The zero-order valence-corrected chi connectivity index (χ0v) is 21.6. The molecule has 1 aliphatic heterocycles. The summed E-state index contributed by atoms with van der Waals surface area (Å²) in [6, 6.07) is 19.8. The van der Waals surface area contributed by atoms with E-state index in [0.29, 0.717) is 48.8 Å². The van der Waals surface area contributed by atoms with Crippen LogP contribution >= 0.6 is 11.8 Å². The maximum Gasteiger partial charge on any atom is 0.264 e. The predicted molar refractivity (Wildman–Crippen MR) is 141 cm³/mol. The van der Waals surface area contributed by atoms with Gasteiger partial charge in [-0.3, -0.25) is 13.9 Å². The number of amides is 2. The third kappa shape index (κ3) is 5.56. The quantitative estimate of drug-likeness (QED) is 0.469. The first-order chi connectivity index (χ1) is 17.3. The molecule has 0 saturated carbocycles. The van der Waals surface area contributed by atoms with Crippen LogP contribution in [0, 0.1) is 0 Å². The largest absolute Gasteiger partial charge is 0.378 e. The highest BCUT2D eigenvalue weighted by Crippen LogP contribution is 2.25. The number of anilines is 2. The Morgan fingerprint density at radius 3 is 2.22 bits per heavy atom. The molecule has 1 heterocycles. The summed E-state index contributed by atoms with van der Waals surface area (Å²) >= 11 is 1.53. The molecule has 10 heteroatoms. The van der Waals surface area contributed by atoms with E-state index in [9.17, 15) is 18.0 Å². The number of thioether (sulfide) groups is 1. The second-order valence-electron chi connectivity index (χ2n) is 8.10. The molecule has 188 valence electrons. The van der Waals surface area contributed by atoms with Crippen LogP contribution in [0.1, 0.15) is 20.7 Å². The van der Waals surface area contributed by atoms with Crippen LogP contribution in [0.2, 0.25) is 0 Å². The van der Waals surface area contributed by atoms with E-state index >= 15 is 0 Å². The van der Waals surface area contributed by atoms with E-state index in [4.69, 9.17) is 4.74 Å². The SMILES string of the molecule is CSc1ccc(S(=O)(=O)N(C)c2ccc(C(=O)Nc3ccccc3C(=O)N3CCOCC3)cc2)cc1. The van der Waals surface area contributed by atoms with E-state index in [1.807, 2.05) is 6.26 Å². The van der Waals surface area contributed by atoms with Crippen LogP contribution in [0.25, 0.3) is 0 Å². The lowest BCUT2D eigenvalue weighted by atomic mass is 10.1. The summed E-state index contributed by atoms with van der Waals surface area (Å²) in [6.07, 6.45) is 1.92. The summed E-state index contributed by atoms with van der Waals surface area (Å²) < 4.78 is 32.5. The molecule has 8 nitrogen and oxygen atoms in total. The number of hydrogen-bond donors (Lipinski definition) is 1. The van der Waals surface area contributed by atoms with E-state index in [0.717, 1.165) is 4.90 Å². The summed E-state index contributed by atoms with van der Waals surface area (Å²) in [6.45, 7) is 1.97. The highest BCUT2D eigenvalue weighted by molar-refractivity contribution is 7.98. The first-order valence-corrected chi connectivity index (χ1v) is 14.0. The molecule has 0 spiro atoms. The van der Waals surface area contributed by atoms with Crippen molar-refractivity contribution in [2.24, 2.45) is 0 Å². The van der Waals surface area contributed by atoms with Crippen LogP contribution in [0.5, 0.6) is 0 Å². The number of nitrogens with one attached hydrogen (secondary N) is 1. The lowest BCUT2D eigenvalue weighted by Crippen LogP contribution is -2.41. The second kappa shape index (κ2) is 11.2. The van der Waals surface area contributed by atoms with Crippen molar-refractivity contribution in [3.05, 3.63) is 83.9 Å². The second-order valence-corrected chi connectivity index (χ2v) is 10.9. The Labute approximate surface area is 215 Å². The van der Waals surface area contributed by atoms with Gasteiger partial charge in [0.1, 0.15) is 0 Å². The Morgan fingerprint density at radius 2 is 1.58 bits per heavy atom. The van der Waals surface area contributed by atoms with Crippen molar-refractivity contribution in [2.45, 2.75) is 9.79 Å². The van der Waals surface area contributed by atoms with Gasteiger partial charge in [0, 0.05) is 30.6 Å². The molecule has 1 aliphatic rings. The third-order valence-electron chi connectivity index (χ3n) is 5.91. The zero-order chi connectivity index (χ0) is 25.7. The number of ether oxygens (including phenoxy) is 1. The van der Waals surface area contributed by atoms with Crippen LogP contribution in [0.3, 0.4) is 0 Å². The predicted octanol–water partition coefficient (Wildman–Crippen LogP) is 3.96. The minimum absolute atomic E-state index is 0.165. The molecule has 0 atom stereocenters. The molecular weight excluding hydrogens is 498 g/mol. The number of hydrogen-bond acceptors (Lipinski definition) is 6. The highest BCUT2D eigenvalue weighted by Gasteiger charge is 2.23. The molecule has 1 N–H and O–H groups in total. The minimum Gasteiger partial charge on any atom is -0.378 e. The topological polar surface area (TPSA) is 96.0 Å². The molecule has 4 rings (SSSR count). The fourth-order valence-corrected chi connectivity index (χ4v) is 5.38. The molecule has 0 aliphatic carbocycles. The smallest absolute Gasteiger partial charge is 0.264 e. The van der Waals surface area contributed by atoms with E-state index in [2.05, 4.69) is 5.32 Å². The molecule has 36 heavy (non-hydrogen) atoms. The van der Waals surface area contributed by atoms with Gasteiger partial charge in [0.15, 0.2) is 0 Å². The molecule has 2 amide bonds.